The molecule has 0 fully saturated rings. The SMILES string of the molecule is Brc1ccccc1COc1cccc2c1cnc1ncnn12. The first-order chi connectivity index (χ1) is 10.8. The lowest BCUT2D eigenvalue weighted by atomic mass is 10.2. The fraction of sp³-hybridized carbons (Fsp3) is 0.0625. The Morgan fingerprint density at radius 3 is 2.86 bits per heavy atom. The van der Waals surface area contributed by atoms with E-state index >= 15 is 0 Å². The lowest BCUT2D eigenvalue weighted by Crippen LogP contribution is -1.99. The Hall–Kier alpha value is -2.47. The van der Waals surface area contributed by atoms with Gasteiger partial charge >= 0.3 is 0 Å². The molecule has 108 valence electrons. The topological polar surface area (TPSA) is 52.3 Å². The second kappa shape index (κ2) is 5.38. The molecule has 2 heterocycles. The predicted molar refractivity (Wildman–Crippen MR) is 86.8 cm³/mol. The largest absolute Gasteiger partial charge is 0.488 e. The number of aromatic nitrogens is 4. The molecule has 0 radical (unpaired) electrons. The molecule has 0 spiro atoms. The molecule has 22 heavy (non-hydrogen) atoms. The summed E-state index contributed by atoms with van der Waals surface area (Å²) in [5.41, 5.74) is 2.02. The highest BCUT2D eigenvalue weighted by molar-refractivity contribution is 9.10. The third-order valence-electron chi connectivity index (χ3n) is 3.45. The molecule has 5 nitrogen and oxygen atoms in total. The number of hydrogen-bond donors (Lipinski definition) is 0. The van der Waals surface area contributed by atoms with E-state index in [9.17, 15) is 0 Å². The van der Waals surface area contributed by atoms with Gasteiger partial charge in [-0.3, -0.25) is 0 Å². The number of fused-ring (bicyclic) bond motifs is 3. The van der Waals surface area contributed by atoms with Gasteiger partial charge in [0.05, 0.1) is 10.9 Å². The van der Waals surface area contributed by atoms with Crippen molar-refractivity contribution in [3.05, 3.63) is 65.0 Å². The summed E-state index contributed by atoms with van der Waals surface area (Å²) < 4.78 is 8.72. The number of benzene rings is 2. The van der Waals surface area contributed by atoms with Crippen molar-refractivity contribution in [1.29, 1.82) is 0 Å². The van der Waals surface area contributed by atoms with Gasteiger partial charge < -0.3 is 4.74 Å². The van der Waals surface area contributed by atoms with Gasteiger partial charge in [-0.05, 0) is 18.2 Å². The summed E-state index contributed by atoms with van der Waals surface area (Å²) in [6.07, 6.45) is 3.27. The number of rotatable bonds is 3. The highest BCUT2D eigenvalue weighted by Crippen LogP contribution is 2.26. The Balaban J connectivity index is 1.74. The summed E-state index contributed by atoms with van der Waals surface area (Å²) in [4.78, 5) is 8.40. The summed E-state index contributed by atoms with van der Waals surface area (Å²) in [7, 11) is 0. The predicted octanol–water partition coefficient (Wildman–Crippen LogP) is 3.62. The van der Waals surface area contributed by atoms with E-state index in [1.165, 1.54) is 6.33 Å². The van der Waals surface area contributed by atoms with Crippen LogP contribution in [-0.2, 0) is 6.61 Å². The second-order valence-corrected chi connectivity index (χ2v) is 5.65. The van der Waals surface area contributed by atoms with Gasteiger partial charge in [0.25, 0.3) is 5.78 Å². The van der Waals surface area contributed by atoms with Gasteiger partial charge in [-0.25, -0.2) is 4.98 Å². The molecule has 2 aromatic heterocycles. The third-order valence-corrected chi connectivity index (χ3v) is 4.22. The third kappa shape index (κ3) is 2.21. The molecule has 0 amide bonds. The quantitative estimate of drug-likeness (QED) is 0.563. The molecule has 0 N–H and O–H groups in total. The fourth-order valence-corrected chi connectivity index (χ4v) is 2.76. The molecule has 0 unspecified atom stereocenters. The van der Waals surface area contributed by atoms with Gasteiger partial charge in [-0.2, -0.15) is 14.6 Å². The Kier molecular flexibility index (Phi) is 3.23. The van der Waals surface area contributed by atoms with Crippen molar-refractivity contribution < 1.29 is 4.74 Å². The van der Waals surface area contributed by atoms with Crippen LogP contribution in [0.1, 0.15) is 5.56 Å². The van der Waals surface area contributed by atoms with Crippen molar-refractivity contribution in [3.63, 3.8) is 0 Å². The van der Waals surface area contributed by atoms with E-state index < -0.39 is 0 Å². The van der Waals surface area contributed by atoms with E-state index in [-0.39, 0.29) is 0 Å². The molecule has 0 saturated heterocycles. The number of nitrogens with zero attached hydrogens (tertiary/aromatic N) is 4. The summed E-state index contributed by atoms with van der Waals surface area (Å²) in [5, 5.41) is 5.11. The first kappa shape index (κ1) is 13.2. The average molecular weight is 355 g/mol. The molecule has 4 aromatic rings. The highest BCUT2D eigenvalue weighted by Gasteiger charge is 2.08. The van der Waals surface area contributed by atoms with E-state index in [0.717, 1.165) is 26.7 Å². The minimum Gasteiger partial charge on any atom is -0.488 e. The van der Waals surface area contributed by atoms with Crippen LogP contribution in [-0.4, -0.2) is 19.6 Å². The maximum atomic E-state index is 5.98. The second-order valence-electron chi connectivity index (χ2n) is 4.80. The summed E-state index contributed by atoms with van der Waals surface area (Å²) in [5.74, 6) is 1.36. The van der Waals surface area contributed by atoms with Gasteiger partial charge in [0.15, 0.2) is 0 Å². The molecule has 0 atom stereocenters. The lowest BCUT2D eigenvalue weighted by molar-refractivity contribution is 0.309. The fourth-order valence-electron chi connectivity index (χ4n) is 2.36. The molecule has 0 aliphatic heterocycles. The molecule has 0 saturated carbocycles. The van der Waals surface area contributed by atoms with Gasteiger partial charge in [-0.1, -0.05) is 40.2 Å². The van der Waals surface area contributed by atoms with Crippen molar-refractivity contribution in [2.45, 2.75) is 6.61 Å². The average Bonchev–Trinajstić information content (AvgIpc) is 3.03. The molecule has 6 heteroatoms. The first-order valence-corrected chi connectivity index (χ1v) is 7.56. The standard InChI is InChI=1S/C16H11BrN4O/c17-13-5-2-1-4-11(13)9-22-15-7-3-6-14-12(15)8-18-16-19-10-20-21(14)16/h1-8,10H,9H2. The van der Waals surface area contributed by atoms with Crippen LogP contribution >= 0.6 is 15.9 Å². The van der Waals surface area contributed by atoms with Crippen LogP contribution in [0, 0.1) is 0 Å². The Bertz CT molecular complexity index is 967. The maximum Gasteiger partial charge on any atom is 0.252 e. The monoisotopic (exact) mass is 354 g/mol. The van der Waals surface area contributed by atoms with Crippen LogP contribution in [0.5, 0.6) is 5.75 Å². The van der Waals surface area contributed by atoms with Crippen LogP contribution in [0.3, 0.4) is 0 Å². The van der Waals surface area contributed by atoms with E-state index in [2.05, 4.69) is 31.0 Å². The van der Waals surface area contributed by atoms with E-state index in [1.807, 2.05) is 42.5 Å². The molecule has 0 aliphatic carbocycles. The number of halogens is 1. The Labute approximate surface area is 134 Å². The van der Waals surface area contributed by atoms with Gasteiger partial charge in [0, 0.05) is 16.2 Å². The molecule has 4 rings (SSSR count). The van der Waals surface area contributed by atoms with Crippen LogP contribution < -0.4 is 4.74 Å². The van der Waals surface area contributed by atoms with Crippen molar-refractivity contribution in [1.82, 2.24) is 19.6 Å². The van der Waals surface area contributed by atoms with Crippen LogP contribution in [0.15, 0.2) is 59.5 Å². The molecular weight excluding hydrogens is 344 g/mol. The van der Waals surface area contributed by atoms with E-state index in [4.69, 9.17) is 4.74 Å². The lowest BCUT2D eigenvalue weighted by Gasteiger charge is -2.10. The zero-order valence-corrected chi connectivity index (χ0v) is 13.1. The van der Waals surface area contributed by atoms with Gasteiger partial charge in [-0.15, -0.1) is 0 Å². The van der Waals surface area contributed by atoms with Crippen LogP contribution in [0.2, 0.25) is 0 Å². The maximum absolute atomic E-state index is 5.98. The molecule has 0 aliphatic rings. The Morgan fingerprint density at radius 2 is 1.95 bits per heavy atom. The molecule has 2 aromatic carbocycles. The van der Waals surface area contributed by atoms with Crippen LogP contribution in [0.4, 0.5) is 0 Å². The highest BCUT2D eigenvalue weighted by atomic mass is 79.9. The number of ether oxygens (including phenoxy) is 1. The van der Waals surface area contributed by atoms with Crippen LogP contribution in [0.25, 0.3) is 16.7 Å². The smallest absolute Gasteiger partial charge is 0.252 e. The van der Waals surface area contributed by atoms with E-state index in [0.29, 0.717) is 12.4 Å². The van der Waals surface area contributed by atoms with Crippen molar-refractivity contribution in [2.75, 3.05) is 0 Å². The van der Waals surface area contributed by atoms with E-state index in [1.54, 1.807) is 10.7 Å². The van der Waals surface area contributed by atoms with Crippen molar-refractivity contribution >= 4 is 32.6 Å². The summed E-state index contributed by atoms with van der Waals surface area (Å²) >= 11 is 3.53. The normalized spacial score (nSPS) is 11.1. The molecular formula is C16H11BrN4O. The zero-order chi connectivity index (χ0) is 14.9. The Morgan fingerprint density at radius 1 is 1.05 bits per heavy atom. The zero-order valence-electron chi connectivity index (χ0n) is 11.5. The number of hydrogen-bond acceptors (Lipinski definition) is 4. The van der Waals surface area contributed by atoms with Gasteiger partial charge in [0.1, 0.15) is 18.7 Å². The van der Waals surface area contributed by atoms with Gasteiger partial charge in [0.2, 0.25) is 0 Å². The minimum absolute atomic E-state index is 0.482. The summed E-state index contributed by atoms with van der Waals surface area (Å²) in [6.45, 7) is 0.482. The summed E-state index contributed by atoms with van der Waals surface area (Å²) in [6, 6.07) is 13.9. The minimum atomic E-state index is 0.482. The van der Waals surface area contributed by atoms with Crippen molar-refractivity contribution in [3.8, 4) is 5.75 Å². The van der Waals surface area contributed by atoms with Crippen molar-refractivity contribution in [2.24, 2.45) is 0 Å². The first-order valence-electron chi connectivity index (χ1n) is 6.76. The molecule has 0 bridgehead atoms.